The number of benzene rings is 2. The van der Waals surface area contributed by atoms with Crippen molar-refractivity contribution in [2.75, 3.05) is 0 Å². The van der Waals surface area contributed by atoms with E-state index in [4.69, 9.17) is 16.9 Å². The molecule has 4 aromatic rings. The Bertz CT molecular complexity index is 1370. The first-order chi connectivity index (χ1) is 13.9. The van der Waals surface area contributed by atoms with Gasteiger partial charge in [0.15, 0.2) is 5.43 Å². The van der Waals surface area contributed by atoms with Crippen LogP contribution < -0.4 is 5.43 Å². The summed E-state index contributed by atoms with van der Waals surface area (Å²) in [6, 6.07) is 12.0. The van der Waals surface area contributed by atoms with Gasteiger partial charge in [-0.3, -0.25) is 9.78 Å². The van der Waals surface area contributed by atoms with Crippen LogP contribution in [0.4, 0.5) is 8.78 Å². The molecule has 0 spiro atoms. The Morgan fingerprint density at radius 3 is 2.62 bits per heavy atom. The number of halogens is 3. The second-order valence-electron chi connectivity index (χ2n) is 6.51. The molecule has 0 unspecified atom stereocenters. The number of rotatable bonds is 2. The van der Waals surface area contributed by atoms with E-state index in [9.17, 15) is 9.18 Å². The van der Waals surface area contributed by atoms with Crippen LogP contribution >= 0.6 is 11.6 Å². The van der Waals surface area contributed by atoms with Crippen LogP contribution in [0.2, 0.25) is 5.02 Å². The number of fused-ring (bicyclic) bond motifs is 1. The molecule has 0 saturated heterocycles. The first kappa shape index (κ1) is 18.8. The Hall–Kier alpha value is -3.56. The highest BCUT2D eigenvalue weighted by Gasteiger charge is 2.19. The van der Waals surface area contributed by atoms with Gasteiger partial charge in [-0.1, -0.05) is 17.7 Å². The number of hydrogen-bond acceptors (Lipinski definition) is 3. The van der Waals surface area contributed by atoms with Crippen LogP contribution in [-0.2, 0) is 0 Å². The molecule has 2 aromatic carbocycles. The van der Waals surface area contributed by atoms with Crippen LogP contribution in [0.15, 0.2) is 53.5 Å². The van der Waals surface area contributed by atoms with E-state index in [1.54, 1.807) is 19.1 Å². The normalized spacial score (nSPS) is 10.9. The van der Waals surface area contributed by atoms with Gasteiger partial charge in [0.2, 0.25) is 0 Å². The van der Waals surface area contributed by atoms with E-state index in [0.717, 1.165) is 6.07 Å². The van der Waals surface area contributed by atoms with Gasteiger partial charge in [0.25, 0.3) is 0 Å². The summed E-state index contributed by atoms with van der Waals surface area (Å²) in [6.07, 6.45) is 1.36. The van der Waals surface area contributed by atoms with Crippen LogP contribution in [0.25, 0.3) is 33.3 Å². The molecule has 0 radical (unpaired) electrons. The van der Waals surface area contributed by atoms with Crippen molar-refractivity contribution < 1.29 is 8.78 Å². The lowest BCUT2D eigenvalue weighted by atomic mass is 10.0. The molecule has 0 atom stereocenters. The predicted molar refractivity (Wildman–Crippen MR) is 108 cm³/mol. The van der Waals surface area contributed by atoms with Gasteiger partial charge in [-0.25, -0.2) is 8.78 Å². The summed E-state index contributed by atoms with van der Waals surface area (Å²) in [6.45, 7) is 1.76. The number of H-pyrrole nitrogens is 1. The predicted octanol–water partition coefficient (Wildman–Crippen LogP) is 5.37. The van der Waals surface area contributed by atoms with Gasteiger partial charge >= 0.3 is 0 Å². The average Bonchev–Trinajstić information content (AvgIpc) is 2.69. The maximum Gasteiger partial charge on any atom is 0.193 e. The summed E-state index contributed by atoms with van der Waals surface area (Å²) in [5, 5.41) is 9.11. The molecule has 0 aliphatic carbocycles. The van der Waals surface area contributed by atoms with Crippen LogP contribution in [0.3, 0.4) is 0 Å². The third kappa shape index (κ3) is 3.26. The molecule has 4 rings (SSSR count). The molecule has 7 heteroatoms. The van der Waals surface area contributed by atoms with Crippen LogP contribution in [-0.4, -0.2) is 9.97 Å². The maximum atomic E-state index is 15.2. The summed E-state index contributed by atoms with van der Waals surface area (Å²) in [4.78, 5) is 19.6. The Labute approximate surface area is 169 Å². The fourth-order valence-electron chi connectivity index (χ4n) is 3.17. The summed E-state index contributed by atoms with van der Waals surface area (Å²) in [7, 11) is 0. The van der Waals surface area contributed by atoms with E-state index in [1.165, 1.54) is 30.5 Å². The third-order valence-corrected chi connectivity index (χ3v) is 4.92. The quantitative estimate of drug-likeness (QED) is 0.485. The van der Waals surface area contributed by atoms with E-state index < -0.39 is 17.1 Å². The minimum atomic E-state index is -0.963. The Morgan fingerprint density at radius 1 is 1.14 bits per heavy atom. The monoisotopic (exact) mass is 407 g/mol. The zero-order chi connectivity index (χ0) is 20.7. The standard InChI is InChI=1S/C22H12ClF2N3O/c1-11-2-4-13(10-27-11)20-16(24)7-18-21(22(20)25)19(29)8-17(28-18)14-6-12(9-26)3-5-15(14)23/h2-8,10H,1H3,(H,28,29). The number of aryl methyl sites for hydroxylation is 1. The first-order valence-electron chi connectivity index (χ1n) is 8.57. The van der Waals surface area contributed by atoms with Gasteiger partial charge in [-0.05, 0) is 37.3 Å². The summed E-state index contributed by atoms with van der Waals surface area (Å²) >= 11 is 6.19. The molecule has 0 aliphatic rings. The molecule has 2 heterocycles. The highest BCUT2D eigenvalue weighted by atomic mass is 35.5. The molecule has 142 valence electrons. The van der Waals surface area contributed by atoms with Crippen molar-refractivity contribution in [3.05, 3.63) is 86.8 Å². The number of aromatic amines is 1. The summed E-state index contributed by atoms with van der Waals surface area (Å²) in [5.41, 5.74) is 0.967. The number of hydrogen-bond donors (Lipinski definition) is 1. The van der Waals surface area contributed by atoms with Crippen molar-refractivity contribution in [3.8, 4) is 28.5 Å². The molecule has 2 aromatic heterocycles. The summed E-state index contributed by atoms with van der Waals surface area (Å²) in [5.74, 6) is -1.79. The number of nitriles is 1. The number of nitrogens with one attached hydrogen (secondary N) is 1. The zero-order valence-corrected chi connectivity index (χ0v) is 15.8. The fourth-order valence-corrected chi connectivity index (χ4v) is 3.39. The third-order valence-electron chi connectivity index (χ3n) is 4.60. The molecular formula is C22H12ClF2N3O. The molecule has 0 saturated carbocycles. The molecule has 4 nitrogen and oxygen atoms in total. The highest BCUT2D eigenvalue weighted by Crippen LogP contribution is 2.32. The van der Waals surface area contributed by atoms with Crippen molar-refractivity contribution >= 4 is 22.5 Å². The minimum absolute atomic E-state index is 0.00949. The van der Waals surface area contributed by atoms with Crippen molar-refractivity contribution in [1.82, 2.24) is 9.97 Å². The van der Waals surface area contributed by atoms with E-state index >= 15 is 4.39 Å². The van der Waals surface area contributed by atoms with E-state index in [0.29, 0.717) is 21.8 Å². The first-order valence-corrected chi connectivity index (χ1v) is 8.95. The zero-order valence-electron chi connectivity index (χ0n) is 15.1. The maximum absolute atomic E-state index is 15.2. The Balaban J connectivity index is 1.98. The molecule has 0 fully saturated rings. The molecule has 0 bridgehead atoms. The van der Waals surface area contributed by atoms with Crippen molar-refractivity contribution in [2.24, 2.45) is 0 Å². The van der Waals surface area contributed by atoms with Crippen molar-refractivity contribution in [3.63, 3.8) is 0 Å². The largest absolute Gasteiger partial charge is 0.354 e. The number of pyridine rings is 2. The average molecular weight is 408 g/mol. The van der Waals surface area contributed by atoms with Crippen LogP contribution in [0.1, 0.15) is 11.3 Å². The number of nitrogens with zero attached hydrogens (tertiary/aromatic N) is 2. The molecule has 0 amide bonds. The van der Waals surface area contributed by atoms with Gasteiger partial charge in [-0.2, -0.15) is 5.26 Å². The molecule has 29 heavy (non-hydrogen) atoms. The smallest absolute Gasteiger partial charge is 0.193 e. The SMILES string of the molecule is Cc1ccc(-c2c(F)cc3[nH]c(-c4cc(C#N)ccc4Cl)cc(=O)c3c2F)cn1. The lowest BCUT2D eigenvalue weighted by Crippen LogP contribution is -2.08. The second kappa shape index (κ2) is 7.12. The van der Waals surface area contributed by atoms with Gasteiger partial charge in [0.05, 0.1) is 33.8 Å². The van der Waals surface area contributed by atoms with Crippen molar-refractivity contribution in [1.29, 1.82) is 5.26 Å². The van der Waals surface area contributed by atoms with Gasteiger partial charge in [0, 0.05) is 34.1 Å². The Kier molecular flexibility index (Phi) is 4.61. The molecular weight excluding hydrogens is 396 g/mol. The van der Waals surface area contributed by atoms with E-state index in [1.807, 2.05) is 6.07 Å². The van der Waals surface area contributed by atoms with Gasteiger partial charge < -0.3 is 4.98 Å². The lowest BCUT2D eigenvalue weighted by molar-refractivity contribution is 0.597. The summed E-state index contributed by atoms with van der Waals surface area (Å²) < 4.78 is 29.9. The lowest BCUT2D eigenvalue weighted by Gasteiger charge is -2.11. The second-order valence-corrected chi connectivity index (χ2v) is 6.92. The van der Waals surface area contributed by atoms with Crippen LogP contribution in [0.5, 0.6) is 0 Å². The minimum Gasteiger partial charge on any atom is -0.354 e. The Morgan fingerprint density at radius 2 is 1.93 bits per heavy atom. The highest BCUT2D eigenvalue weighted by molar-refractivity contribution is 6.33. The van der Waals surface area contributed by atoms with Crippen LogP contribution in [0, 0.1) is 29.9 Å². The van der Waals surface area contributed by atoms with Gasteiger partial charge in [0.1, 0.15) is 11.6 Å². The van der Waals surface area contributed by atoms with E-state index in [2.05, 4.69) is 9.97 Å². The molecule has 1 N–H and O–H groups in total. The fraction of sp³-hybridized carbons (Fsp3) is 0.0455. The van der Waals surface area contributed by atoms with Gasteiger partial charge in [-0.15, -0.1) is 0 Å². The molecule has 0 aliphatic heterocycles. The number of aromatic nitrogens is 2. The van der Waals surface area contributed by atoms with Crippen molar-refractivity contribution in [2.45, 2.75) is 6.92 Å². The van der Waals surface area contributed by atoms with E-state index in [-0.39, 0.29) is 27.7 Å². The topological polar surface area (TPSA) is 69.5 Å².